The molecular weight excluding hydrogens is 280 g/mol. The molecule has 1 N–H and O–H groups in total. The highest BCUT2D eigenvalue weighted by Crippen LogP contribution is 2.28. The fourth-order valence-electron chi connectivity index (χ4n) is 3.47. The molecule has 2 rings (SSSR count). The molecule has 0 aromatic carbocycles. The van der Waals surface area contributed by atoms with Crippen LogP contribution in [0.5, 0.6) is 0 Å². The van der Waals surface area contributed by atoms with E-state index in [-0.39, 0.29) is 12.1 Å². The molecule has 0 radical (unpaired) electrons. The monoisotopic (exact) mass is 312 g/mol. The van der Waals surface area contributed by atoms with E-state index in [1.807, 2.05) is 25.7 Å². The van der Waals surface area contributed by atoms with Crippen molar-refractivity contribution in [2.45, 2.75) is 71.1 Å². The van der Waals surface area contributed by atoms with Gasteiger partial charge in [-0.3, -0.25) is 4.90 Å². The third-order valence-corrected chi connectivity index (χ3v) is 4.65. The number of rotatable bonds is 4. The molecule has 1 heterocycles. The second kappa shape index (κ2) is 7.64. The first-order valence-corrected chi connectivity index (χ1v) is 8.71. The van der Waals surface area contributed by atoms with Crippen LogP contribution in [0.1, 0.15) is 53.4 Å². The van der Waals surface area contributed by atoms with Gasteiger partial charge in [-0.15, -0.1) is 0 Å². The van der Waals surface area contributed by atoms with Gasteiger partial charge in [0.2, 0.25) is 0 Å². The van der Waals surface area contributed by atoms with Crippen molar-refractivity contribution in [3.63, 3.8) is 0 Å². The van der Waals surface area contributed by atoms with Gasteiger partial charge in [-0.05, 0) is 39.5 Å². The highest BCUT2D eigenvalue weighted by atomic mass is 16.6. The SMILES string of the molecule is CCC1CCCC1NCC1COCCN1C(=O)OC(C)(C)C. The Bertz CT molecular complexity index is 367. The molecule has 0 aromatic heterocycles. The van der Waals surface area contributed by atoms with Gasteiger partial charge in [-0.1, -0.05) is 19.8 Å². The zero-order valence-electron chi connectivity index (χ0n) is 14.6. The Labute approximate surface area is 134 Å². The first kappa shape index (κ1) is 17.5. The van der Waals surface area contributed by atoms with E-state index in [1.54, 1.807) is 0 Å². The Hall–Kier alpha value is -0.810. The molecule has 128 valence electrons. The minimum absolute atomic E-state index is 0.0710. The summed E-state index contributed by atoms with van der Waals surface area (Å²) in [6.45, 7) is 10.6. The van der Waals surface area contributed by atoms with E-state index < -0.39 is 5.60 Å². The molecule has 2 fully saturated rings. The summed E-state index contributed by atoms with van der Waals surface area (Å²) in [5.41, 5.74) is -0.452. The summed E-state index contributed by atoms with van der Waals surface area (Å²) in [5.74, 6) is 0.777. The summed E-state index contributed by atoms with van der Waals surface area (Å²) in [6.07, 6.45) is 4.90. The maximum absolute atomic E-state index is 12.4. The van der Waals surface area contributed by atoms with E-state index >= 15 is 0 Å². The van der Waals surface area contributed by atoms with Crippen molar-refractivity contribution in [3.8, 4) is 0 Å². The number of amides is 1. The smallest absolute Gasteiger partial charge is 0.410 e. The zero-order valence-corrected chi connectivity index (χ0v) is 14.6. The van der Waals surface area contributed by atoms with Crippen LogP contribution in [0.4, 0.5) is 4.79 Å². The number of hydrogen-bond acceptors (Lipinski definition) is 4. The lowest BCUT2D eigenvalue weighted by atomic mass is 10.0. The molecule has 1 aliphatic heterocycles. The minimum atomic E-state index is -0.452. The van der Waals surface area contributed by atoms with E-state index in [9.17, 15) is 4.79 Å². The zero-order chi connectivity index (χ0) is 16.2. The normalized spacial score (nSPS) is 29.6. The lowest BCUT2D eigenvalue weighted by Gasteiger charge is -2.37. The van der Waals surface area contributed by atoms with E-state index in [0.717, 1.165) is 12.5 Å². The quantitative estimate of drug-likeness (QED) is 0.867. The summed E-state index contributed by atoms with van der Waals surface area (Å²) in [5, 5.41) is 3.67. The van der Waals surface area contributed by atoms with Crippen LogP contribution in [0.3, 0.4) is 0 Å². The largest absolute Gasteiger partial charge is 0.444 e. The number of nitrogens with zero attached hydrogens (tertiary/aromatic N) is 1. The number of morpholine rings is 1. The number of hydrogen-bond donors (Lipinski definition) is 1. The Balaban J connectivity index is 1.88. The van der Waals surface area contributed by atoms with Gasteiger partial charge >= 0.3 is 6.09 Å². The van der Waals surface area contributed by atoms with Crippen molar-refractivity contribution >= 4 is 6.09 Å². The van der Waals surface area contributed by atoms with E-state index in [0.29, 0.717) is 25.8 Å². The van der Waals surface area contributed by atoms with Gasteiger partial charge in [0, 0.05) is 19.1 Å². The van der Waals surface area contributed by atoms with Crippen LogP contribution in [0, 0.1) is 5.92 Å². The predicted octanol–water partition coefficient (Wildman–Crippen LogP) is 2.79. The highest BCUT2D eigenvalue weighted by Gasteiger charge is 2.32. The molecule has 1 aliphatic carbocycles. The number of carbonyl (C=O) groups excluding carboxylic acids is 1. The van der Waals surface area contributed by atoms with Gasteiger partial charge in [0.05, 0.1) is 19.3 Å². The van der Waals surface area contributed by atoms with Crippen LogP contribution in [0.2, 0.25) is 0 Å². The van der Waals surface area contributed by atoms with Crippen molar-refractivity contribution in [2.24, 2.45) is 5.92 Å². The molecule has 5 heteroatoms. The lowest BCUT2D eigenvalue weighted by Crippen LogP contribution is -2.55. The lowest BCUT2D eigenvalue weighted by molar-refractivity contribution is -0.0324. The van der Waals surface area contributed by atoms with Gasteiger partial charge in [0.1, 0.15) is 5.60 Å². The molecule has 3 atom stereocenters. The Morgan fingerprint density at radius 1 is 1.36 bits per heavy atom. The Morgan fingerprint density at radius 2 is 2.14 bits per heavy atom. The molecule has 0 spiro atoms. The Kier molecular flexibility index (Phi) is 6.09. The molecule has 1 amide bonds. The second-order valence-electron chi connectivity index (χ2n) is 7.52. The standard InChI is InChI=1S/C17H32N2O3/c1-5-13-7-6-8-15(13)18-11-14-12-21-10-9-19(14)16(20)22-17(2,3)4/h13-15,18H,5-12H2,1-4H3. The van der Waals surface area contributed by atoms with Crippen LogP contribution in [0.25, 0.3) is 0 Å². The van der Waals surface area contributed by atoms with Gasteiger partial charge in [-0.2, -0.15) is 0 Å². The topological polar surface area (TPSA) is 50.8 Å². The number of nitrogens with one attached hydrogen (secondary N) is 1. The summed E-state index contributed by atoms with van der Waals surface area (Å²) >= 11 is 0. The van der Waals surface area contributed by atoms with E-state index in [4.69, 9.17) is 9.47 Å². The average Bonchev–Trinajstić information content (AvgIpc) is 2.91. The molecule has 5 nitrogen and oxygen atoms in total. The number of carbonyl (C=O) groups is 1. The fraction of sp³-hybridized carbons (Fsp3) is 0.941. The van der Waals surface area contributed by atoms with Crippen LogP contribution in [0.15, 0.2) is 0 Å². The van der Waals surface area contributed by atoms with Gasteiger partial charge in [0.15, 0.2) is 0 Å². The van der Waals surface area contributed by atoms with Crippen LogP contribution < -0.4 is 5.32 Å². The van der Waals surface area contributed by atoms with Crippen molar-refractivity contribution < 1.29 is 14.3 Å². The molecule has 0 aromatic rings. The fourth-order valence-corrected chi connectivity index (χ4v) is 3.47. The molecular formula is C17H32N2O3. The summed E-state index contributed by atoms with van der Waals surface area (Å²) < 4.78 is 11.1. The van der Waals surface area contributed by atoms with Crippen molar-refractivity contribution in [3.05, 3.63) is 0 Å². The molecule has 22 heavy (non-hydrogen) atoms. The molecule has 1 saturated carbocycles. The maximum Gasteiger partial charge on any atom is 0.410 e. The van der Waals surface area contributed by atoms with E-state index in [2.05, 4.69) is 12.2 Å². The summed E-state index contributed by atoms with van der Waals surface area (Å²) in [7, 11) is 0. The summed E-state index contributed by atoms with van der Waals surface area (Å²) in [4.78, 5) is 14.2. The maximum atomic E-state index is 12.4. The van der Waals surface area contributed by atoms with Crippen LogP contribution in [-0.4, -0.2) is 55.0 Å². The second-order valence-corrected chi connectivity index (χ2v) is 7.52. The first-order valence-electron chi connectivity index (χ1n) is 8.71. The van der Waals surface area contributed by atoms with Gasteiger partial charge in [0.25, 0.3) is 0 Å². The van der Waals surface area contributed by atoms with Crippen molar-refractivity contribution in [1.82, 2.24) is 10.2 Å². The predicted molar refractivity (Wildman–Crippen MR) is 87.0 cm³/mol. The molecule has 3 unspecified atom stereocenters. The Morgan fingerprint density at radius 3 is 2.82 bits per heavy atom. The molecule has 0 bridgehead atoms. The van der Waals surface area contributed by atoms with Gasteiger partial charge in [-0.25, -0.2) is 4.79 Å². The third-order valence-electron chi connectivity index (χ3n) is 4.65. The summed E-state index contributed by atoms with van der Waals surface area (Å²) in [6, 6.07) is 0.661. The van der Waals surface area contributed by atoms with Crippen molar-refractivity contribution in [2.75, 3.05) is 26.3 Å². The van der Waals surface area contributed by atoms with Gasteiger partial charge < -0.3 is 14.8 Å². The molecule has 2 aliphatic rings. The first-order chi connectivity index (χ1) is 10.4. The van der Waals surface area contributed by atoms with Crippen LogP contribution >= 0.6 is 0 Å². The van der Waals surface area contributed by atoms with Crippen LogP contribution in [-0.2, 0) is 9.47 Å². The highest BCUT2D eigenvalue weighted by molar-refractivity contribution is 5.68. The average molecular weight is 312 g/mol. The van der Waals surface area contributed by atoms with Crippen molar-refractivity contribution in [1.29, 1.82) is 0 Å². The number of ether oxygens (including phenoxy) is 2. The minimum Gasteiger partial charge on any atom is -0.444 e. The third kappa shape index (κ3) is 4.85. The molecule has 1 saturated heterocycles. The van der Waals surface area contributed by atoms with E-state index in [1.165, 1.54) is 25.7 Å².